The highest BCUT2D eigenvalue weighted by Gasteiger charge is 1.97. The summed E-state index contributed by atoms with van der Waals surface area (Å²) in [6.07, 6.45) is 18.2. The van der Waals surface area contributed by atoms with Crippen molar-refractivity contribution >= 4 is 21.9 Å². The van der Waals surface area contributed by atoms with Crippen molar-refractivity contribution in [3.8, 4) is 11.8 Å². The summed E-state index contributed by atoms with van der Waals surface area (Å²) in [5.74, 6) is 6.11. The fourth-order valence-corrected chi connectivity index (χ4v) is 2.24. The van der Waals surface area contributed by atoms with Crippen molar-refractivity contribution in [2.24, 2.45) is 0 Å². The summed E-state index contributed by atoms with van der Waals surface area (Å²) in [6.45, 7) is 0. The summed E-state index contributed by atoms with van der Waals surface area (Å²) in [7, 11) is 1.43. The number of methoxy groups -OCH3 is 1. The van der Waals surface area contributed by atoms with Crippen LogP contribution in [-0.4, -0.2) is 13.1 Å². The largest absolute Gasteiger partial charge is 0.469 e. The molecule has 0 N–H and O–H groups in total. The lowest BCUT2D eigenvalue weighted by atomic mass is 10.1. The molecule has 0 heterocycles. The van der Waals surface area contributed by atoms with Gasteiger partial charge in [0, 0.05) is 12.8 Å². The maximum Gasteiger partial charge on any atom is 0.305 e. The Kier molecular flexibility index (Phi) is 17.2. The average molecular weight is 369 g/mol. The highest BCUT2D eigenvalue weighted by molar-refractivity contribution is 9.11. The molecule has 0 fully saturated rings. The average Bonchev–Trinajstić information content (AvgIpc) is 2.54. The maximum atomic E-state index is 10.9. The molecule has 0 aliphatic carbocycles. The van der Waals surface area contributed by atoms with E-state index >= 15 is 0 Å². The molecular formula is C19H29BrO2. The van der Waals surface area contributed by atoms with E-state index in [-0.39, 0.29) is 5.97 Å². The molecule has 0 aromatic rings. The van der Waals surface area contributed by atoms with Gasteiger partial charge in [0.25, 0.3) is 0 Å². The third-order valence-electron chi connectivity index (χ3n) is 3.29. The highest BCUT2D eigenvalue weighted by Crippen LogP contribution is 2.07. The smallest absolute Gasteiger partial charge is 0.305 e. The van der Waals surface area contributed by atoms with Gasteiger partial charge in [-0.3, -0.25) is 4.79 Å². The number of hydrogen-bond donors (Lipinski definition) is 0. The SMILES string of the molecule is COC(=O)CCCCCC#CC=CCCCCCCC=CBr. The molecule has 0 bridgehead atoms. The van der Waals surface area contributed by atoms with Crippen LogP contribution in [0, 0.1) is 11.8 Å². The third kappa shape index (κ3) is 17.0. The minimum Gasteiger partial charge on any atom is -0.469 e. The molecule has 0 atom stereocenters. The van der Waals surface area contributed by atoms with E-state index < -0.39 is 0 Å². The first-order valence-electron chi connectivity index (χ1n) is 8.26. The van der Waals surface area contributed by atoms with E-state index in [0.29, 0.717) is 6.42 Å². The molecule has 0 aliphatic rings. The molecule has 0 amide bonds. The lowest BCUT2D eigenvalue weighted by molar-refractivity contribution is -0.140. The van der Waals surface area contributed by atoms with Crippen LogP contribution in [0.4, 0.5) is 0 Å². The van der Waals surface area contributed by atoms with E-state index in [4.69, 9.17) is 0 Å². The van der Waals surface area contributed by atoms with E-state index in [2.05, 4.69) is 44.7 Å². The first kappa shape index (κ1) is 21.0. The van der Waals surface area contributed by atoms with E-state index in [1.807, 2.05) is 11.1 Å². The second-order valence-electron chi connectivity index (χ2n) is 5.21. The zero-order valence-corrected chi connectivity index (χ0v) is 15.4. The molecule has 0 radical (unpaired) electrons. The van der Waals surface area contributed by atoms with Crippen molar-refractivity contribution in [3.05, 3.63) is 23.2 Å². The molecule has 0 aromatic carbocycles. The molecule has 0 saturated heterocycles. The van der Waals surface area contributed by atoms with Crippen LogP contribution in [0.25, 0.3) is 0 Å². The molecule has 3 heteroatoms. The Morgan fingerprint density at radius 3 is 2.36 bits per heavy atom. The van der Waals surface area contributed by atoms with Gasteiger partial charge in [0.1, 0.15) is 0 Å². The van der Waals surface area contributed by atoms with Gasteiger partial charge in [0.05, 0.1) is 7.11 Å². The van der Waals surface area contributed by atoms with Gasteiger partial charge in [-0.15, -0.1) is 0 Å². The van der Waals surface area contributed by atoms with E-state index in [9.17, 15) is 4.79 Å². The van der Waals surface area contributed by atoms with Gasteiger partial charge in [0.2, 0.25) is 0 Å². The van der Waals surface area contributed by atoms with Crippen LogP contribution in [-0.2, 0) is 9.53 Å². The Bertz CT molecular complexity index is 375. The molecular weight excluding hydrogens is 340 g/mol. The minimum absolute atomic E-state index is 0.117. The number of esters is 1. The fraction of sp³-hybridized carbons (Fsp3) is 0.632. The number of halogens is 1. The summed E-state index contributed by atoms with van der Waals surface area (Å²) in [6, 6.07) is 0. The highest BCUT2D eigenvalue weighted by atomic mass is 79.9. The minimum atomic E-state index is -0.117. The zero-order chi connectivity index (χ0) is 16.3. The Morgan fingerprint density at radius 1 is 1.00 bits per heavy atom. The number of ether oxygens (including phenoxy) is 1. The number of unbranched alkanes of at least 4 members (excludes halogenated alkanes) is 8. The van der Waals surface area contributed by atoms with Crippen molar-refractivity contribution in [2.45, 2.75) is 70.6 Å². The molecule has 0 aromatic heterocycles. The zero-order valence-electron chi connectivity index (χ0n) is 13.8. The van der Waals surface area contributed by atoms with E-state index in [0.717, 1.165) is 32.1 Å². The van der Waals surface area contributed by atoms with Gasteiger partial charge in [-0.25, -0.2) is 0 Å². The summed E-state index contributed by atoms with van der Waals surface area (Å²) < 4.78 is 4.59. The normalized spacial score (nSPS) is 10.8. The van der Waals surface area contributed by atoms with Crippen LogP contribution in [0.2, 0.25) is 0 Å². The van der Waals surface area contributed by atoms with Crippen molar-refractivity contribution in [3.63, 3.8) is 0 Å². The first-order chi connectivity index (χ1) is 10.8. The number of rotatable bonds is 12. The molecule has 0 rings (SSSR count). The van der Waals surface area contributed by atoms with E-state index in [1.54, 1.807) is 0 Å². The van der Waals surface area contributed by atoms with Crippen LogP contribution in [0.3, 0.4) is 0 Å². The molecule has 2 nitrogen and oxygen atoms in total. The van der Waals surface area contributed by atoms with Crippen LogP contribution in [0.5, 0.6) is 0 Å². The van der Waals surface area contributed by atoms with Crippen LogP contribution in [0.15, 0.2) is 23.2 Å². The van der Waals surface area contributed by atoms with Gasteiger partial charge in [-0.1, -0.05) is 59.2 Å². The molecule has 0 saturated carbocycles. The molecule has 0 unspecified atom stereocenters. The standard InChI is InChI=1S/C19H29BrO2/c1-22-19(21)17-15-13-11-9-7-5-3-2-4-6-8-10-12-14-16-18-20/h2-3,16,18H,4,6,8-15,17H2,1H3. The Morgan fingerprint density at radius 2 is 1.68 bits per heavy atom. The van der Waals surface area contributed by atoms with E-state index in [1.165, 1.54) is 39.2 Å². The van der Waals surface area contributed by atoms with Gasteiger partial charge >= 0.3 is 5.97 Å². The number of carbonyl (C=O) groups is 1. The van der Waals surface area contributed by atoms with Crippen molar-refractivity contribution in [1.82, 2.24) is 0 Å². The van der Waals surface area contributed by atoms with Gasteiger partial charge < -0.3 is 4.74 Å². The van der Waals surface area contributed by atoms with Crippen molar-refractivity contribution < 1.29 is 9.53 Å². The number of carbonyl (C=O) groups excluding carboxylic acids is 1. The summed E-state index contributed by atoms with van der Waals surface area (Å²) in [4.78, 5) is 12.8. The van der Waals surface area contributed by atoms with Crippen LogP contribution < -0.4 is 0 Å². The number of allylic oxidation sites excluding steroid dienone is 3. The van der Waals surface area contributed by atoms with Crippen LogP contribution in [0.1, 0.15) is 70.6 Å². The monoisotopic (exact) mass is 368 g/mol. The predicted octanol–water partition coefficient (Wildman–Crippen LogP) is 5.92. The lowest BCUT2D eigenvalue weighted by Crippen LogP contribution is -1.98. The van der Waals surface area contributed by atoms with Crippen LogP contribution >= 0.6 is 15.9 Å². The molecule has 22 heavy (non-hydrogen) atoms. The summed E-state index contributed by atoms with van der Waals surface area (Å²) >= 11 is 3.28. The van der Waals surface area contributed by atoms with Gasteiger partial charge in [-0.05, 0) is 49.6 Å². The Hall–Kier alpha value is -1.01. The Balaban J connectivity index is 3.31. The number of hydrogen-bond acceptors (Lipinski definition) is 2. The fourth-order valence-electron chi connectivity index (χ4n) is 1.98. The second kappa shape index (κ2) is 18.0. The first-order valence-corrected chi connectivity index (χ1v) is 9.18. The maximum absolute atomic E-state index is 10.9. The molecule has 124 valence electrons. The quantitative estimate of drug-likeness (QED) is 0.243. The third-order valence-corrected chi connectivity index (χ3v) is 3.67. The predicted molar refractivity (Wildman–Crippen MR) is 97.8 cm³/mol. The van der Waals surface area contributed by atoms with Gasteiger partial charge in [0.15, 0.2) is 0 Å². The molecule has 0 spiro atoms. The Labute approximate surface area is 144 Å². The summed E-state index contributed by atoms with van der Waals surface area (Å²) in [5.41, 5.74) is 0. The van der Waals surface area contributed by atoms with Gasteiger partial charge in [-0.2, -0.15) is 0 Å². The second-order valence-corrected chi connectivity index (χ2v) is 5.74. The van der Waals surface area contributed by atoms with Crippen molar-refractivity contribution in [2.75, 3.05) is 7.11 Å². The topological polar surface area (TPSA) is 26.3 Å². The summed E-state index contributed by atoms with van der Waals surface area (Å²) in [5, 5.41) is 0. The molecule has 0 aliphatic heterocycles. The van der Waals surface area contributed by atoms with Crippen molar-refractivity contribution in [1.29, 1.82) is 0 Å². The lowest BCUT2D eigenvalue weighted by Gasteiger charge is -1.97.